The van der Waals surface area contributed by atoms with Crippen molar-refractivity contribution in [3.05, 3.63) is 46.8 Å². The van der Waals surface area contributed by atoms with E-state index < -0.39 is 0 Å². The summed E-state index contributed by atoms with van der Waals surface area (Å²) in [6.07, 6.45) is 2.01. The van der Waals surface area contributed by atoms with Crippen LogP contribution in [0.25, 0.3) is 11.1 Å². The lowest BCUT2D eigenvalue weighted by Gasteiger charge is -2.11. The van der Waals surface area contributed by atoms with Crippen molar-refractivity contribution in [2.75, 3.05) is 6.61 Å². The number of rotatable bonds is 5. The molecule has 0 amide bonds. The number of benzene rings is 1. The summed E-state index contributed by atoms with van der Waals surface area (Å²) in [7, 11) is 5.68. The number of nitrogens with one attached hydrogen (secondary N) is 1. The number of ether oxygens (including phenoxy) is 1. The van der Waals surface area contributed by atoms with E-state index in [-0.39, 0.29) is 5.56 Å². The van der Waals surface area contributed by atoms with Crippen molar-refractivity contribution < 1.29 is 4.74 Å². The highest BCUT2D eigenvalue weighted by molar-refractivity contribution is 6.32. The topological polar surface area (TPSA) is 42.1 Å². The summed E-state index contributed by atoms with van der Waals surface area (Å²) < 4.78 is 5.66. The van der Waals surface area contributed by atoms with Gasteiger partial charge >= 0.3 is 0 Å². The molecule has 2 aromatic rings. The van der Waals surface area contributed by atoms with E-state index >= 15 is 0 Å². The van der Waals surface area contributed by atoms with E-state index in [1.807, 2.05) is 24.3 Å². The third kappa shape index (κ3) is 3.50. The summed E-state index contributed by atoms with van der Waals surface area (Å²) >= 11 is 0. The summed E-state index contributed by atoms with van der Waals surface area (Å²) in [5.74, 6) is 0.519. The first kappa shape index (κ1) is 13.5. The Morgan fingerprint density at radius 3 is 2.58 bits per heavy atom. The van der Waals surface area contributed by atoms with Crippen molar-refractivity contribution in [1.29, 1.82) is 0 Å². The maximum Gasteiger partial charge on any atom is 0.250 e. The molecule has 0 aliphatic heterocycles. The van der Waals surface area contributed by atoms with Gasteiger partial charge in [0.25, 0.3) is 5.56 Å². The molecule has 19 heavy (non-hydrogen) atoms. The summed E-state index contributed by atoms with van der Waals surface area (Å²) in [5, 5.41) is 0. The van der Waals surface area contributed by atoms with Gasteiger partial charge in [0.1, 0.15) is 7.85 Å². The number of aromatic nitrogens is 1. The molecule has 0 unspecified atom stereocenters. The van der Waals surface area contributed by atoms with Gasteiger partial charge in [-0.05, 0) is 18.1 Å². The second-order valence-electron chi connectivity index (χ2n) is 4.39. The molecule has 2 rings (SSSR count). The van der Waals surface area contributed by atoms with Crippen LogP contribution in [0.4, 0.5) is 0 Å². The summed E-state index contributed by atoms with van der Waals surface area (Å²) in [6, 6.07) is 10.8. The number of hydrogen-bond donors (Lipinski definition) is 1. The fourth-order valence-corrected chi connectivity index (χ4v) is 1.78. The second kappa shape index (κ2) is 6.27. The minimum Gasteiger partial charge on any atom is -0.478 e. The molecule has 0 spiro atoms. The minimum absolute atomic E-state index is 0.161. The Kier molecular flexibility index (Phi) is 4.45. The molecule has 0 atom stereocenters. The molecule has 0 aliphatic rings. The zero-order valence-electron chi connectivity index (χ0n) is 11.0. The van der Waals surface area contributed by atoms with Crippen molar-refractivity contribution in [2.45, 2.75) is 19.8 Å². The molecular formula is C15H16BNO2. The van der Waals surface area contributed by atoms with E-state index in [1.54, 1.807) is 6.07 Å². The van der Waals surface area contributed by atoms with Crippen molar-refractivity contribution in [2.24, 2.45) is 0 Å². The molecule has 3 nitrogen and oxygen atoms in total. The number of unbranched alkanes of at least 4 members (excludes halogenated alkanes) is 1. The van der Waals surface area contributed by atoms with Gasteiger partial charge in [-0.1, -0.05) is 43.1 Å². The van der Waals surface area contributed by atoms with Crippen LogP contribution in [0.5, 0.6) is 5.88 Å². The lowest BCUT2D eigenvalue weighted by atomic mass is 9.94. The highest BCUT2D eigenvalue weighted by Crippen LogP contribution is 2.26. The molecule has 0 saturated heterocycles. The van der Waals surface area contributed by atoms with Gasteiger partial charge in [0.15, 0.2) is 0 Å². The molecule has 1 aromatic heterocycles. The standard InChI is InChI=1S/C15H16BNO2/c1-2-3-10-19-15-13(8-9-14(18)17-15)11-4-6-12(16)7-5-11/h4-9H,2-3,10H2,1H3,(H,17,18). The minimum atomic E-state index is -0.161. The van der Waals surface area contributed by atoms with Gasteiger partial charge in [-0.25, -0.2) is 0 Å². The van der Waals surface area contributed by atoms with E-state index in [0.29, 0.717) is 17.9 Å². The van der Waals surface area contributed by atoms with Crippen molar-refractivity contribution in [3.63, 3.8) is 0 Å². The largest absolute Gasteiger partial charge is 0.478 e. The van der Waals surface area contributed by atoms with Gasteiger partial charge in [0, 0.05) is 11.6 Å². The quantitative estimate of drug-likeness (QED) is 0.654. The first-order valence-corrected chi connectivity index (χ1v) is 6.42. The Morgan fingerprint density at radius 2 is 1.89 bits per heavy atom. The predicted molar refractivity (Wildman–Crippen MR) is 78.3 cm³/mol. The monoisotopic (exact) mass is 253 g/mol. The van der Waals surface area contributed by atoms with Crippen LogP contribution in [0.3, 0.4) is 0 Å². The van der Waals surface area contributed by atoms with E-state index in [0.717, 1.165) is 24.0 Å². The van der Waals surface area contributed by atoms with E-state index in [4.69, 9.17) is 12.6 Å². The van der Waals surface area contributed by atoms with Crippen LogP contribution in [-0.2, 0) is 0 Å². The SMILES string of the molecule is [B]c1ccc(-c2ccc(=O)[nH]c2OCCCC)cc1. The molecule has 2 radical (unpaired) electrons. The smallest absolute Gasteiger partial charge is 0.250 e. The van der Waals surface area contributed by atoms with Crippen LogP contribution in [0.1, 0.15) is 19.8 Å². The predicted octanol–water partition coefficient (Wildman–Crippen LogP) is 2.01. The van der Waals surface area contributed by atoms with Crippen LogP contribution in [0, 0.1) is 0 Å². The van der Waals surface area contributed by atoms with Gasteiger partial charge in [-0.15, -0.1) is 0 Å². The van der Waals surface area contributed by atoms with Crippen LogP contribution in [0.15, 0.2) is 41.2 Å². The van der Waals surface area contributed by atoms with Gasteiger partial charge in [-0.2, -0.15) is 0 Å². The lowest BCUT2D eigenvalue weighted by Crippen LogP contribution is -2.09. The molecule has 1 N–H and O–H groups in total. The fourth-order valence-electron chi connectivity index (χ4n) is 1.78. The van der Waals surface area contributed by atoms with Crippen molar-refractivity contribution >= 4 is 13.3 Å². The molecule has 0 bridgehead atoms. The fraction of sp³-hybridized carbons (Fsp3) is 0.267. The molecule has 4 heteroatoms. The Balaban J connectivity index is 2.33. The Morgan fingerprint density at radius 1 is 1.16 bits per heavy atom. The average molecular weight is 253 g/mol. The zero-order chi connectivity index (χ0) is 13.7. The third-order valence-corrected chi connectivity index (χ3v) is 2.85. The Bertz CT molecular complexity index is 590. The zero-order valence-corrected chi connectivity index (χ0v) is 11.0. The number of aromatic amines is 1. The van der Waals surface area contributed by atoms with Gasteiger partial charge in [0.2, 0.25) is 5.88 Å². The van der Waals surface area contributed by atoms with Crippen LogP contribution < -0.4 is 15.8 Å². The van der Waals surface area contributed by atoms with E-state index in [1.165, 1.54) is 6.07 Å². The van der Waals surface area contributed by atoms with Crippen LogP contribution in [0.2, 0.25) is 0 Å². The molecular weight excluding hydrogens is 237 g/mol. The highest BCUT2D eigenvalue weighted by Gasteiger charge is 2.07. The lowest BCUT2D eigenvalue weighted by molar-refractivity contribution is 0.298. The van der Waals surface area contributed by atoms with Gasteiger partial charge < -0.3 is 4.74 Å². The van der Waals surface area contributed by atoms with Gasteiger partial charge in [0.05, 0.1) is 6.61 Å². The second-order valence-corrected chi connectivity index (χ2v) is 4.39. The average Bonchev–Trinajstić information content (AvgIpc) is 2.41. The van der Waals surface area contributed by atoms with Crippen molar-refractivity contribution in [1.82, 2.24) is 4.98 Å². The van der Waals surface area contributed by atoms with E-state index in [2.05, 4.69) is 11.9 Å². The summed E-state index contributed by atoms with van der Waals surface area (Å²) in [4.78, 5) is 14.1. The first-order valence-electron chi connectivity index (χ1n) is 6.42. The Hall–Kier alpha value is -1.97. The highest BCUT2D eigenvalue weighted by atomic mass is 16.5. The van der Waals surface area contributed by atoms with E-state index in [9.17, 15) is 4.79 Å². The van der Waals surface area contributed by atoms with Crippen LogP contribution in [-0.4, -0.2) is 19.4 Å². The Labute approximate surface area is 114 Å². The third-order valence-electron chi connectivity index (χ3n) is 2.85. The molecule has 1 aromatic carbocycles. The normalized spacial score (nSPS) is 10.4. The molecule has 1 heterocycles. The van der Waals surface area contributed by atoms with Gasteiger partial charge in [-0.3, -0.25) is 9.78 Å². The number of pyridine rings is 1. The maximum absolute atomic E-state index is 11.4. The van der Waals surface area contributed by atoms with Crippen LogP contribution >= 0.6 is 0 Å². The molecule has 96 valence electrons. The van der Waals surface area contributed by atoms with Crippen molar-refractivity contribution in [3.8, 4) is 17.0 Å². The summed E-state index contributed by atoms with van der Waals surface area (Å²) in [6.45, 7) is 2.69. The molecule has 0 saturated carbocycles. The molecule has 0 fully saturated rings. The summed E-state index contributed by atoms with van der Waals surface area (Å²) in [5.41, 5.74) is 2.39. The molecule has 0 aliphatic carbocycles. The maximum atomic E-state index is 11.4. The number of hydrogen-bond acceptors (Lipinski definition) is 2. The number of H-pyrrole nitrogens is 1. The first-order chi connectivity index (χ1) is 9.20.